The number of likely N-dealkylation sites (N-methyl/N-ethyl adjacent to an activating group) is 1. The van der Waals surface area contributed by atoms with E-state index in [2.05, 4.69) is 5.32 Å². The monoisotopic (exact) mass is 334 g/mol. The van der Waals surface area contributed by atoms with Crippen LogP contribution < -0.4 is 10.1 Å². The second-order valence-electron chi connectivity index (χ2n) is 5.83. The SMILES string of the molecule is CNC(=O)COc1cccc(CC(=O)N(C2CC2)C(C)C(=O)O)c1. The average Bonchev–Trinajstić information content (AvgIpc) is 3.37. The molecule has 7 nitrogen and oxygen atoms in total. The second kappa shape index (κ2) is 7.81. The molecule has 0 heterocycles. The highest BCUT2D eigenvalue weighted by atomic mass is 16.5. The third kappa shape index (κ3) is 4.71. The van der Waals surface area contributed by atoms with Crippen LogP contribution in [0.25, 0.3) is 0 Å². The van der Waals surface area contributed by atoms with Gasteiger partial charge in [-0.2, -0.15) is 0 Å². The molecule has 1 saturated carbocycles. The van der Waals surface area contributed by atoms with E-state index in [4.69, 9.17) is 4.74 Å². The van der Waals surface area contributed by atoms with Crippen molar-refractivity contribution in [1.82, 2.24) is 10.2 Å². The molecule has 1 atom stereocenters. The maximum absolute atomic E-state index is 12.5. The Kier molecular flexibility index (Phi) is 5.78. The average molecular weight is 334 g/mol. The van der Waals surface area contributed by atoms with E-state index in [0.717, 1.165) is 18.4 Å². The fourth-order valence-electron chi connectivity index (χ4n) is 2.44. The van der Waals surface area contributed by atoms with Crippen molar-refractivity contribution in [3.8, 4) is 5.75 Å². The lowest BCUT2D eigenvalue weighted by molar-refractivity contribution is -0.149. The van der Waals surface area contributed by atoms with Crippen LogP contribution in [0.15, 0.2) is 24.3 Å². The van der Waals surface area contributed by atoms with Crippen LogP contribution in [0, 0.1) is 0 Å². The smallest absolute Gasteiger partial charge is 0.326 e. The Morgan fingerprint density at radius 3 is 2.67 bits per heavy atom. The first-order valence-electron chi connectivity index (χ1n) is 7.88. The molecule has 0 bridgehead atoms. The number of benzene rings is 1. The van der Waals surface area contributed by atoms with E-state index in [9.17, 15) is 19.5 Å². The first-order chi connectivity index (χ1) is 11.4. The zero-order valence-corrected chi connectivity index (χ0v) is 13.8. The molecule has 2 N–H and O–H groups in total. The van der Waals surface area contributed by atoms with Crippen LogP contribution in [-0.2, 0) is 20.8 Å². The number of carboxylic acids is 1. The van der Waals surface area contributed by atoms with E-state index < -0.39 is 12.0 Å². The summed E-state index contributed by atoms with van der Waals surface area (Å²) < 4.78 is 5.36. The number of nitrogens with one attached hydrogen (secondary N) is 1. The summed E-state index contributed by atoms with van der Waals surface area (Å²) in [7, 11) is 1.52. The Hall–Kier alpha value is -2.57. The summed E-state index contributed by atoms with van der Waals surface area (Å²) in [5.74, 6) is -0.964. The number of aliphatic carboxylic acids is 1. The zero-order chi connectivity index (χ0) is 17.7. The molecule has 2 rings (SSSR count). The van der Waals surface area contributed by atoms with Crippen molar-refractivity contribution in [2.75, 3.05) is 13.7 Å². The first-order valence-corrected chi connectivity index (χ1v) is 7.88. The third-order valence-electron chi connectivity index (χ3n) is 3.91. The molecule has 0 radical (unpaired) electrons. The molecule has 1 aliphatic rings. The molecule has 130 valence electrons. The Balaban J connectivity index is 2.02. The highest BCUT2D eigenvalue weighted by Crippen LogP contribution is 2.29. The van der Waals surface area contributed by atoms with Gasteiger partial charge in [0.05, 0.1) is 6.42 Å². The highest BCUT2D eigenvalue weighted by molar-refractivity contribution is 5.85. The summed E-state index contributed by atoms with van der Waals surface area (Å²) in [6.45, 7) is 1.43. The summed E-state index contributed by atoms with van der Waals surface area (Å²) in [5, 5.41) is 11.6. The van der Waals surface area contributed by atoms with Crippen LogP contribution in [0.3, 0.4) is 0 Å². The van der Waals surface area contributed by atoms with Crippen molar-refractivity contribution in [1.29, 1.82) is 0 Å². The molecule has 1 unspecified atom stereocenters. The Bertz CT molecular complexity index is 627. The Morgan fingerprint density at radius 2 is 2.08 bits per heavy atom. The quantitative estimate of drug-likeness (QED) is 0.734. The van der Waals surface area contributed by atoms with Crippen molar-refractivity contribution in [3.63, 3.8) is 0 Å². The van der Waals surface area contributed by atoms with Gasteiger partial charge in [0.25, 0.3) is 5.91 Å². The number of hydrogen-bond donors (Lipinski definition) is 2. The zero-order valence-electron chi connectivity index (χ0n) is 13.8. The van der Waals surface area contributed by atoms with Gasteiger partial charge in [-0.1, -0.05) is 12.1 Å². The van der Waals surface area contributed by atoms with E-state index in [1.807, 2.05) is 0 Å². The van der Waals surface area contributed by atoms with Gasteiger partial charge in [-0.05, 0) is 37.5 Å². The molecule has 24 heavy (non-hydrogen) atoms. The number of nitrogens with zero attached hydrogens (tertiary/aromatic N) is 1. The number of amides is 2. The van der Waals surface area contributed by atoms with Crippen LogP contribution in [0.5, 0.6) is 5.75 Å². The van der Waals surface area contributed by atoms with Crippen LogP contribution in [0.1, 0.15) is 25.3 Å². The molecular weight excluding hydrogens is 312 g/mol. The van der Waals surface area contributed by atoms with Gasteiger partial charge >= 0.3 is 5.97 Å². The molecule has 7 heteroatoms. The molecule has 1 aromatic carbocycles. The number of hydrogen-bond acceptors (Lipinski definition) is 4. The minimum atomic E-state index is -1.00. The minimum Gasteiger partial charge on any atom is -0.484 e. The molecule has 0 saturated heterocycles. The maximum atomic E-state index is 12.5. The summed E-state index contributed by atoms with van der Waals surface area (Å²) in [6, 6.07) is 6.10. The van der Waals surface area contributed by atoms with Gasteiger partial charge in [-0.15, -0.1) is 0 Å². The van der Waals surface area contributed by atoms with Gasteiger partial charge in [0, 0.05) is 13.1 Å². The predicted octanol–water partition coefficient (Wildman–Crippen LogP) is 0.818. The van der Waals surface area contributed by atoms with Gasteiger partial charge in [-0.25, -0.2) is 4.79 Å². The summed E-state index contributed by atoms with van der Waals surface area (Å²) in [6.07, 6.45) is 1.79. The number of rotatable bonds is 8. The fraction of sp³-hybridized carbons (Fsp3) is 0.471. The summed E-state index contributed by atoms with van der Waals surface area (Å²) in [4.78, 5) is 36.4. The lowest BCUT2D eigenvalue weighted by atomic mass is 10.1. The largest absolute Gasteiger partial charge is 0.484 e. The highest BCUT2D eigenvalue weighted by Gasteiger charge is 2.38. The van der Waals surface area contributed by atoms with Gasteiger partial charge < -0.3 is 20.1 Å². The van der Waals surface area contributed by atoms with E-state index in [1.54, 1.807) is 24.3 Å². The molecule has 1 aliphatic carbocycles. The van der Waals surface area contributed by atoms with Crippen LogP contribution in [0.4, 0.5) is 0 Å². The topological polar surface area (TPSA) is 95.9 Å². The predicted molar refractivity (Wildman–Crippen MR) is 86.7 cm³/mol. The molecule has 2 amide bonds. The Morgan fingerprint density at radius 1 is 1.38 bits per heavy atom. The van der Waals surface area contributed by atoms with Crippen molar-refractivity contribution >= 4 is 17.8 Å². The fourth-order valence-corrected chi connectivity index (χ4v) is 2.44. The van der Waals surface area contributed by atoms with E-state index in [1.165, 1.54) is 18.9 Å². The van der Waals surface area contributed by atoms with E-state index in [-0.39, 0.29) is 30.9 Å². The van der Waals surface area contributed by atoms with Gasteiger partial charge in [0.2, 0.25) is 5.91 Å². The molecule has 0 spiro atoms. The van der Waals surface area contributed by atoms with Crippen molar-refractivity contribution in [3.05, 3.63) is 29.8 Å². The first kappa shape index (κ1) is 17.8. The van der Waals surface area contributed by atoms with Gasteiger partial charge in [-0.3, -0.25) is 9.59 Å². The minimum absolute atomic E-state index is 0.0243. The molecule has 1 aromatic rings. The molecule has 1 fully saturated rings. The van der Waals surface area contributed by atoms with Gasteiger partial charge in [0.1, 0.15) is 11.8 Å². The maximum Gasteiger partial charge on any atom is 0.326 e. The van der Waals surface area contributed by atoms with Crippen LogP contribution in [-0.4, -0.2) is 53.5 Å². The molecule has 0 aliphatic heterocycles. The Labute approximate surface area is 140 Å². The normalized spacial score (nSPS) is 14.6. The van der Waals surface area contributed by atoms with Crippen molar-refractivity contribution in [2.24, 2.45) is 0 Å². The lowest BCUT2D eigenvalue weighted by Crippen LogP contribution is -2.45. The van der Waals surface area contributed by atoms with Gasteiger partial charge in [0.15, 0.2) is 6.61 Å². The van der Waals surface area contributed by atoms with Crippen LogP contribution >= 0.6 is 0 Å². The standard InChI is InChI=1S/C17H22N2O5/c1-11(17(22)23)19(13-6-7-13)16(21)9-12-4-3-5-14(8-12)24-10-15(20)18-2/h3-5,8,11,13H,6-7,9-10H2,1-2H3,(H,18,20)(H,22,23). The molecular formula is C17H22N2O5. The van der Waals surface area contributed by atoms with Crippen molar-refractivity contribution in [2.45, 2.75) is 38.3 Å². The van der Waals surface area contributed by atoms with Crippen LogP contribution in [0.2, 0.25) is 0 Å². The lowest BCUT2D eigenvalue weighted by Gasteiger charge is -2.26. The molecule has 0 aromatic heterocycles. The summed E-state index contributed by atoms with van der Waals surface area (Å²) >= 11 is 0. The summed E-state index contributed by atoms with van der Waals surface area (Å²) in [5.41, 5.74) is 0.720. The number of carbonyl (C=O) groups excluding carboxylic acids is 2. The van der Waals surface area contributed by atoms with E-state index in [0.29, 0.717) is 5.75 Å². The van der Waals surface area contributed by atoms with E-state index >= 15 is 0 Å². The third-order valence-corrected chi connectivity index (χ3v) is 3.91. The number of carboxylic acid groups (broad SMARTS) is 1. The second-order valence-corrected chi connectivity index (χ2v) is 5.83. The van der Waals surface area contributed by atoms with Crippen molar-refractivity contribution < 1.29 is 24.2 Å². The number of carbonyl (C=O) groups is 3. The number of ether oxygens (including phenoxy) is 1.